The van der Waals surface area contributed by atoms with Crippen LogP contribution in [0.25, 0.3) is 0 Å². The highest BCUT2D eigenvalue weighted by molar-refractivity contribution is 5.91. The van der Waals surface area contributed by atoms with E-state index in [1.807, 2.05) is 24.0 Å². The van der Waals surface area contributed by atoms with Crippen LogP contribution in [0.2, 0.25) is 0 Å². The third-order valence-electron chi connectivity index (χ3n) is 4.73. The highest BCUT2D eigenvalue weighted by atomic mass is 16.5. The monoisotopic (exact) mass is 385 g/mol. The zero-order chi connectivity index (χ0) is 19.9. The Hall–Kier alpha value is -3.09. The third-order valence-corrected chi connectivity index (χ3v) is 4.73. The molecule has 7 heteroatoms. The zero-order valence-corrected chi connectivity index (χ0v) is 16.6. The minimum absolute atomic E-state index is 0.130. The van der Waals surface area contributed by atoms with Crippen LogP contribution in [0.4, 0.5) is 16.2 Å². The first-order valence-electron chi connectivity index (χ1n) is 9.40. The van der Waals surface area contributed by atoms with E-state index < -0.39 is 0 Å². The topological polar surface area (TPSA) is 63.3 Å². The molecule has 2 aromatic carbocycles. The standard InChI is InChI=1S/C21H27N3O4/c1-4-28-17-7-5-16(6-8-17)23-11-13-24(14-12-23)21(25)22-19-10-9-18(26-2)15-20(19)27-3/h5-10,15H,4,11-14H2,1-3H3,(H,22,25). The van der Waals surface area contributed by atoms with Gasteiger partial charge in [0.15, 0.2) is 0 Å². The summed E-state index contributed by atoms with van der Waals surface area (Å²) in [4.78, 5) is 16.7. The number of ether oxygens (including phenoxy) is 3. The maximum atomic E-state index is 12.6. The second-order valence-corrected chi connectivity index (χ2v) is 6.40. The Bertz CT molecular complexity index is 787. The zero-order valence-electron chi connectivity index (χ0n) is 16.6. The number of urea groups is 1. The van der Waals surface area contributed by atoms with Crippen molar-refractivity contribution in [1.82, 2.24) is 4.90 Å². The van der Waals surface area contributed by atoms with E-state index in [1.165, 1.54) is 0 Å². The minimum atomic E-state index is -0.130. The highest BCUT2D eigenvalue weighted by Gasteiger charge is 2.22. The van der Waals surface area contributed by atoms with Crippen molar-refractivity contribution in [2.45, 2.75) is 6.92 Å². The molecule has 1 fully saturated rings. The van der Waals surface area contributed by atoms with E-state index in [1.54, 1.807) is 32.4 Å². The Morgan fingerprint density at radius 1 is 0.964 bits per heavy atom. The number of nitrogens with one attached hydrogen (secondary N) is 1. The number of nitrogens with zero attached hydrogens (tertiary/aromatic N) is 2. The van der Waals surface area contributed by atoms with Crippen LogP contribution in [-0.2, 0) is 0 Å². The molecule has 0 saturated carbocycles. The number of amides is 2. The van der Waals surface area contributed by atoms with Gasteiger partial charge in [0.1, 0.15) is 17.2 Å². The van der Waals surface area contributed by atoms with Gasteiger partial charge in [0, 0.05) is 37.9 Å². The van der Waals surface area contributed by atoms with Gasteiger partial charge in [-0.15, -0.1) is 0 Å². The van der Waals surface area contributed by atoms with Crippen LogP contribution in [0, 0.1) is 0 Å². The largest absolute Gasteiger partial charge is 0.497 e. The summed E-state index contributed by atoms with van der Waals surface area (Å²) >= 11 is 0. The van der Waals surface area contributed by atoms with E-state index in [2.05, 4.69) is 22.3 Å². The van der Waals surface area contributed by atoms with Crippen LogP contribution < -0.4 is 24.4 Å². The number of piperazine rings is 1. The van der Waals surface area contributed by atoms with Crippen LogP contribution in [0.15, 0.2) is 42.5 Å². The average molecular weight is 385 g/mol. The first-order valence-corrected chi connectivity index (χ1v) is 9.40. The molecule has 0 bridgehead atoms. The molecule has 0 spiro atoms. The predicted octanol–water partition coefficient (Wildman–Crippen LogP) is 3.46. The first-order chi connectivity index (χ1) is 13.6. The summed E-state index contributed by atoms with van der Waals surface area (Å²) in [6, 6.07) is 13.3. The van der Waals surface area contributed by atoms with Crippen LogP contribution in [0.1, 0.15) is 6.92 Å². The van der Waals surface area contributed by atoms with Crippen LogP contribution in [0.5, 0.6) is 17.2 Å². The predicted molar refractivity (Wildman–Crippen MR) is 110 cm³/mol. The van der Waals surface area contributed by atoms with Crippen LogP contribution in [0.3, 0.4) is 0 Å². The summed E-state index contributed by atoms with van der Waals surface area (Å²) < 4.78 is 16.0. The Morgan fingerprint density at radius 2 is 1.64 bits per heavy atom. The Kier molecular flexibility index (Phi) is 6.47. The SMILES string of the molecule is CCOc1ccc(N2CCN(C(=O)Nc3ccc(OC)cc3OC)CC2)cc1. The lowest BCUT2D eigenvalue weighted by atomic mass is 10.2. The molecule has 150 valence electrons. The van der Waals surface area contributed by atoms with E-state index in [0.717, 1.165) is 24.5 Å². The fraction of sp³-hybridized carbons (Fsp3) is 0.381. The number of methoxy groups -OCH3 is 2. The summed E-state index contributed by atoms with van der Waals surface area (Å²) in [5.74, 6) is 2.12. The molecule has 1 heterocycles. The van der Waals surface area contributed by atoms with Crippen molar-refractivity contribution >= 4 is 17.4 Å². The maximum Gasteiger partial charge on any atom is 0.322 e. The van der Waals surface area contributed by atoms with Gasteiger partial charge in [0.2, 0.25) is 0 Å². The number of hydrogen-bond donors (Lipinski definition) is 1. The van der Waals surface area contributed by atoms with Crippen molar-refractivity contribution < 1.29 is 19.0 Å². The molecule has 3 rings (SSSR count). The number of carbonyl (C=O) groups is 1. The molecule has 28 heavy (non-hydrogen) atoms. The van der Waals surface area contributed by atoms with Gasteiger partial charge in [0.25, 0.3) is 0 Å². The van der Waals surface area contributed by atoms with Crippen molar-refractivity contribution in [2.75, 3.05) is 57.2 Å². The van der Waals surface area contributed by atoms with Crippen LogP contribution >= 0.6 is 0 Å². The lowest BCUT2D eigenvalue weighted by Crippen LogP contribution is -2.50. The molecular formula is C21H27N3O4. The molecule has 2 amide bonds. The number of anilines is 2. The van der Waals surface area contributed by atoms with Crippen molar-refractivity contribution in [3.05, 3.63) is 42.5 Å². The van der Waals surface area contributed by atoms with E-state index in [4.69, 9.17) is 14.2 Å². The lowest BCUT2D eigenvalue weighted by molar-refractivity contribution is 0.208. The first kappa shape index (κ1) is 19.7. The van der Waals surface area contributed by atoms with Crippen molar-refractivity contribution in [3.8, 4) is 17.2 Å². The molecule has 2 aromatic rings. The fourth-order valence-corrected chi connectivity index (χ4v) is 3.18. The lowest BCUT2D eigenvalue weighted by Gasteiger charge is -2.36. The third kappa shape index (κ3) is 4.60. The molecule has 0 radical (unpaired) electrons. The van der Waals surface area contributed by atoms with Crippen molar-refractivity contribution in [3.63, 3.8) is 0 Å². The van der Waals surface area contributed by atoms with E-state index in [9.17, 15) is 4.79 Å². The number of carbonyl (C=O) groups excluding carboxylic acids is 1. The van der Waals surface area contributed by atoms with E-state index >= 15 is 0 Å². The van der Waals surface area contributed by atoms with Gasteiger partial charge < -0.3 is 29.3 Å². The summed E-state index contributed by atoms with van der Waals surface area (Å²) in [7, 11) is 3.16. The average Bonchev–Trinajstić information content (AvgIpc) is 2.75. The second-order valence-electron chi connectivity index (χ2n) is 6.40. The van der Waals surface area contributed by atoms with Crippen molar-refractivity contribution in [1.29, 1.82) is 0 Å². The smallest absolute Gasteiger partial charge is 0.322 e. The summed E-state index contributed by atoms with van der Waals surface area (Å²) in [6.07, 6.45) is 0. The molecule has 0 aromatic heterocycles. The summed E-state index contributed by atoms with van der Waals surface area (Å²) in [6.45, 7) is 5.49. The Labute approximate surface area is 165 Å². The Morgan fingerprint density at radius 3 is 2.25 bits per heavy atom. The van der Waals surface area contributed by atoms with Gasteiger partial charge in [-0.05, 0) is 43.3 Å². The molecule has 7 nitrogen and oxygen atoms in total. The normalized spacial score (nSPS) is 13.8. The van der Waals surface area contributed by atoms with Gasteiger partial charge in [-0.3, -0.25) is 0 Å². The molecule has 1 aliphatic rings. The second kappa shape index (κ2) is 9.21. The number of benzene rings is 2. The van der Waals surface area contributed by atoms with Gasteiger partial charge >= 0.3 is 6.03 Å². The molecule has 0 unspecified atom stereocenters. The molecule has 1 N–H and O–H groups in total. The van der Waals surface area contributed by atoms with E-state index in [-0.39, 0.29) is 6.03 Å². The fourth-order valence-electron chi connectivity index (χ4n) is 3.18. The molecular weight excluding hydrogens is 358 g/mol. The van der Waals surface area contributed by atoms with Gasteiger partial charge in [-0.2, -0.15) is 0 Å². The molecule has 1 saturated heterocycles. The van der Waals surface area contributed by atoms with Crippen molar-refractivity contribution in [2.24, 2.45) is 0 Å². The van der Waals surface area contributed by atoms with Gasteiger partial charge in [0.05, 0.1) is 26.5 Å². The van der Waals surface area contributed by atoms with Gasteiger partial charge in [-0.25, -0.2) is 4.79 Å². The molecule has 0 atom stereocenters. The number of hydrogen-bond acceptors (Lipinski definition) is 5. The molecule has 1 aliphatic heterocycles. The highest BCUT2D eigenvalue weighted by Crippen LogP contribution is 2.29. The quantitative estimate of drug-likeness (QED) is 0.825. The van der Waals surface area contributed by atoms with Gasteiger partial charge in [-0.1, -0.05) is 0 Å². The van der Waals surface area contributed by atoms with E-state index in [0.29, 0.717) is 36.9 Å². The maximum absolute atomic E-state index is 12.6. The summed E-state index contributed by atoms with van der Waals surface area (Å²) in [5.41, 5.74) is 1.77. The Balaban J connectivity index is 1.56. The minimum Gasteiger partial charge on any atom is -0.497 e. The van der Waals surface area contributed by atoms with Crippen LogP contribution in [-0.4, -0.2) is 57.9 Å². The number of rotatable bonds is 6. The molecule has 0 aliphatic carbocycles. The summed E-state index contributed by atoms with van der Waals surface area (Å²) in [5, 5.41) is 2.93.